The number of nitrogens with zero attached hydrogens (tertiary/aromatic N) is 2. The van der Waals surface area contributed by atoms with Crippen LogP contribution in [0.5, 0.6) is 0 Å². The van der Waals surface area contributed by atoms with Gasteiger partial charge >= 0.3 is 0 Å². The summed E-state index contributed by atoms with van der Waals surface area (Å²) in [5.74, 6) is 0.370. The van der Waals surface area contributed by atoms with Crippen LogP contribution < -0.4 is 10.7 Å². The molecule has 2 aliphatic rings. The van der Waals surface area contributed by atoms with Crippen LogP contribution in [0.2, 0.25) is 0 Å². The fourth-order valence-electron chi connectivity index (χ4n) is 2.75. The molecule has 0 spiro atoms. The molecular formula is C17H26N4O2. The van der Waals surface area contributed by atoms with Crippen molar-refractivity contribution in [2.24, 2.45) is 5.92 Å². The van der Waals surface area contributed by atoms with Gasteiger partial charge in [-0.1, -0.05) is 38.2 Å². The average molecular weight is 318 g/mol. The largest absolute Gasteiger partial charge is 0.359 e. The minimum atomic E-state index is -0.255. The van der Waals surface area contributed by atoms with Gasteiger partial charge in [0, 0.05) is 27.1 Å². The van der Waals surface area contributed by atoms with E-state index in [9.17, 15) is 9.59 Å². The molecule has 0 aromatic carbocycles. The molecule has 2 bridgehead atoms. The summed E-state index contributed by atoms with van der Waals surface area (Å²) in [7, 11) is 3.56. The number of likely N-dealkylation sites (N-methyl/N-ethyl adjacent to an activating group) is 1. The van der Waals surface area contributed by atoms with Gasteiger partial charge in [0.1, 0.15) is 6.17 Å². The molecule has 0 saturated heterocycles. The first-order valence-electron chi connectivity index (χ1n) is 7.98. The van der Waals surface area contributed by atoms with E-state index in [1.807, 2.05) is 12.1 Å². The lowest BCUT2D eigenvalue weighted by atomic mass is 10.0. The number of hydrazine groups is 1. The van der Waals surface area contributed by atoms with Gasteiger partial charge in [0.15, 0.2) is 0 Å². The highest BCUT2D eigenvalue weighted by atomic mass is 16.2. The molecule has 23 heavy (non-hydrogen) atoms. The molecule has 1 heterocycles. The molecular weight excluding hydrogens is 292 g/mol. The number of carbonyl (C=O) groups excluding carboxylic acids is 2. The molecule has 0 fully saturated rings. The van der Waals surface area contributed by atoms with Gasteiger partial charge < -0.3 is 10.2 Å². The molecule has 2 N–H and O–H groups in total. The molecule has 6 nitrogen and oxygen atoms in total. The number of nitrogens with one attached hydrogen (secondary N) is 2. The predicted octanol–water partition coefficient (Wildman–Crippen LogP) is 0.804. The molecule has 0 saturated carbocycles. The second-order valence-electron chi connectivity index (χ2n) is 6.22. The van der Waals surface area contributed by atoms with Gasteiger partial charge in [0.2, 0.25) is 12.3 Å². The Kier molecular flexibility index (Phi) is 5.74. The average Bonchev–Trinajstić information content (AvgIpc) is 2.73. The first-order valence-corrected chi connectivity index (χ1v) is 7.98. The fraction of sp³-hybridized carbons (Fsp3) is 0.529. The van der Waals surface area contributed by atoms with Crippen LogP contribution in [0.1, 0.15) is 20.3 Å². The summed E-state index contributed by atoms with van der Waals surface area (Å²) in [6.45, 7) is 4.71. The Morgan fingerprint density at radius 3 is 2.78 bits per heavy atom. The number of amides is 2. The van der Waals surface area contributed by atoms with E-state index in [2.05, 4.69) is 48.9 Å². The van der Waals surface area contributed by atoms with Gasteiger partial charge in [-0.05, 0) is 17.1 Å². The van der Waals surface area contributed by atoms with E-state index in [1.165, 1.54) is 5.57 Å². The Labute approximate surface area is 137 Å². The van der Waals surface area contributed by atoms with E-state index in [4.69, 9.17) is 0 Å². The molecule has 2 rings (SSSR count). The summed E-state index contributed by atoms with van der Waals surface area (Å²) in [5, 5.41) is 4.58. The molecule has 0 aromatic rings. The van der Waals surface area contributed by atoms with Crippen molar-refractivity contribution < 1.29 is 9.59 Å². The van der Waals surface area contributed by atoms with Crippen molar-refractivity contribution in [2.45, 2.75) is 32.5 Å². The van der Waals surface area contributed by atoms with E-state index in [0.717, 1.165) is 12.0 Å². The SMILES string of the molecule is CNC(=O)CCN(C=O)C1NN(C)C2C=C(C(C)C)C=CC1=C2. The molecule has 2 amide bonds. The third-order valence-electron chi connectivity index (χ3n) is 4.29. The van der Waals surface area contributed by atoms with Crippen LogP contribution in [-0.2, 0) is 9.59 Å². The van der Waals surface area contributed by atoms with E-state index < -0.39 is 0 Å². The maximum atomic E-state index is 11.5. The Balaban J connectivity index is 2.18. The van der Waals surface area contributed by atoms with E-state index in [1.54, 1.807) is 11.9 Å². The third kappa shape index (κ3) is 4.09. The van der Waals surface area contributed by atoms with E-state index in [0.29, 0.717) is 12.5 Å². The van der Waals surface area contributed by atoms with Gasteiger partial charge in [0.05, 0.1) is 6.04 Å². The highest BCUT2D eigenvalue weighted by molar-refractivity contribution is 5.76. The van der Waals surface area contributed by atoms with Crippen molar-refractivity contribution in [1.29, 1.82) is 0 Å². The Hall–Kier alpha value is -1.92. The minimum Gasteiger partial charge on any atom is -0.359 e. The highest BCUT2D eigenvalue weighted by Crippen LogP contribution is 2.25. The van der Waals surface area contributed by atoms with E-state index >= 15 is 0 Å². The maximum absolute atomic E-state index is 11.5. The lowest BCUT2D eigenvalue weighted by Gasteiger charge is -2.39. The van der Waals surface area contributed by atoms with Crippen LogP contribution in [-0.4, -0.2) is 55.1 Å². The number of hydrogen-bond acceptors (Lipinski definition) is 4. The standard InChI is InChI=1S/C17H26N4O2/c1-12(2)13-5-6-14-10-15(9-13)20(4)19-17(14)21(11-22)8-7-16(23)18-3/h5-6,9-12,15,17,19H,7-8H2,1-4H3,(H,18,23). The molecule has 2 unspecified atom stereocenters. The lowest BCUT2D eigenvalue weighted by Crippen LogP contribution is -2.57. The second-order valence-corrected chi connectivity index (χ2v) is 6.22. The quantitative estimate of drug-likeness (QED) is 0.711. The normalized spacial score (nSPS) is 23.9. The molecule has 0 aromatic heterocycles. The third-order valence-corrected chi connectivity index (χ3v) is 4.29. The van der Waals surface area contributed by atoms with E-state index in [-0.39, 0.29) is 24.5 Å². The zero-order valence-corrected chi connectivity index (χ0v) is 14.2. The summed E-state index contributed by atoms with van der Waals surface area (Å²) in [6, 6.07) is 0.154. The van der Waals surface area contributed by atoms with Crippen LogP contribution in [0.25, 0.3) is 0 Å². The van der Waals surface area contributed by atoms with Crippen LogP contribution >= 0.6 is 0 Å². The zero-order chi connectivity index (χ0) is 17.0. The number of carbonyl (C=O) groups is 2. The summed E-state index contributed by atoms with van der Waals surface area (Å²) >= 11 is 0. The second kappa shape index (κ2) is 7.57. The van der Waals surface area contributed by atoms with Crippen molar-refractivity contribution >= 4 is 12.3 Å². The highest BCUT2D eigenvalue weighted by Gasteiger charge is 2.29. The van der Waals surface area contributed by atoms with Crippen LogP contribution in [0, 0.1) is 5.92 Å². The van der Waals surface area contributed by atoms with Gasteiger partial charge in [-0.15, -0.1) is 0 Å². The van der Waals surface area contributed by atoms with Crippen molar-refractivity contribution in [1.82, 2.24) is 20.7 Å². The summed E-state index contributed by atoms with van der Waals surface area (Å²) in [4.78, 5) is 24.6. The molecule has 0 radical (unpaired) electrons. The van der Waals surface area contributed by atoms with Crippen LogP contribution in [0.15, 0.2) is 35.5 Å². The smallest absolute Gasteiger partial charge is 0.221 e. The first kappa shape index (κ1) is 17.4. The Morgan fingerprint density at radius 2 is 2.17 bits per heavy atom. The molecule has 6 heteroatoms. The molecule has 2 atom stereocenters. The van der Waals surface area contributed by atoms with Gasteiger partial charge in [0.25, 0.3) is 0 Å². The van der Waals surface area contributed by atoms with Gasteiger partial charge in [-0.2, -0.15) is 0 Å². The van der Waals surface area contributed by atoms with Gasteiger partial charge in [-0.3, -0.25) is 9.59 Å². The van der Waals surface area contributed by atoms with Crippen molar-refractivity contribution in [3.63, 3.8) is 0 Å². The Bertz CT molecular complexity index is 551. The van der Waals surface area contributed by atoms with Crippen LogP contribution in [0.3, 0.4) is 0 Å². The van der Waals surface area contributed by atoms with Crippen molar-refractivity contribution in [3.05, 3.63) is 35.5 Å². The molecule has 1 aliphatic carbocycles. The summed E-state index contributed by atoms with van der Waals surface area (Å²) in [5.41, 5.74) is 5.66. The number of hydrogen-bond donors (Lipinski definition) is 2. The fourth-order valence-corrected chi connectivity index (χ4v) is 2.75. The number of fused-ring (bicyclic) bond motifs is 1. The molecule has 1 aliphatic heterocycles. The van der Waals surface area contributed by atoms with Crippen molar-refractivity contribution in [3.8, 4) is 0 Å². The van der Waals surface area contributed by atoms with Crippen LogP contribution in [0.4, 0.5) is 0 Å². The zero-order valence-electron chi connectivity index (χ0n) is 14.2. The summed E-state index contributed by atoms with van der Waals surface area (Å²) < 4.78 is 0. The maximum Gasteiger partial charge on any atom is 0.221 e. The topological polar surface area (TPSA) is 64.7 Å². The summed E-state index contributed by atoms with van der Waals surface area (Å²) in [6.07, 6.45) is 9.39. The monoisotopic (exact) mass is 318 g/mol. The molecule has 126 valence electrons. The van der Waals surface area contributed by atoms with Gasteiger partial charge in [-0.25, -0.2) is 10.4 Å². The minimum absolute atomic E-state index is 0.0759. The lowest BCUT2D eigenvalue weighted by molar-refractivity contribution is -0.124. The first-order chi connectivity index (χ1) is 11.0. The van der Waals surface area contributed by atoms with Crippen molar-refractivity contribution in [2.75, 3.05) is 20.6 Å². The number of allylic oxidation sites excluding steroid dienone is 2. The number of rotatable bonds is 6. The Morgan fingerprint density at radius 1 is 1.43 bits per heavy atom. The predicted molar refractivity (Wildman–Crippen MR) is 90.1 cm³/mol.